The Labute approximate surface area is 147 Å². The Bertz CT molecular complexity index is 760. The van der Waals surface area contributed by atoms with Crippen LogP contribution in [0.3, 0.4) is 0 Å². The molecule has 2 aromatic rings. The second kappa shape index (κ2) is 8.42. The largest absolute Gasteiger partial charge is 0.449 e. The Morgan fingerprint density at radius 2 is 1.72 bits per heavy atom. The molecule has 4 nitrogen and oxygen atoms in total. The summed E-state index contributed by atoms with van der Waals surface area (Å²) in [5, 5.41) is 2.79. The van der Waals surface area contributed by atoms with Crippen molar-refractivity contribution in [3.63, 3.8) is 0 Å². The average Bonchev–Trinajstić information content (AvgIpc) is 2.61. The lowest BCUT2D eigenvalue weighted by Gasteiger charge is -2.18. The number of para-hydroxylation sites is 1. The highest BCUT2D eigenvalue weighted by atomic mass is 19.1. The second-order valence-corrected chi connectivity index (χ2v) is 5.91. The fraction of sp³-hybridized carbons (Fsp3) is 0.300. The molecule has 0 spiro atoms. The molecule has 0 heterocycles. The molecule has 0 aliphatic heterocycles. The van der Waals surface area contributed by atoms with Gasteiger partial charge in [-0.1, -0.05) is 44.2 Å². The van der Waals surface area contributed by atoms with E-state index in [1.807, 2.05) is 24.3 Å². The first-order valence-electron chi connectivity index (χ1n) is 8.29. The average molecular weight is 343 g/mol. The summed E-state index contributed by atoms with van der Waals surface area (Å²) in [6.07, 6.45) is -0.109. The predicted octanol–water partition coefficient (Wildman–Crippen LogP) is 4.52. The monoisotopic (exact) mass is 343 g/mol. The maximum absolute atomic E-state index is 13.6. The van der Waals surface area contributed by atoms with Crippen LogP contribution in [-0.2, 0) is 9.53 Å². The highest BCUT2D eigenvalue weighted by Crippen LogP contribution is 2.26. The molecule has 1 amide bonds. The molecule has 0 saturated carbocycles. The van der Waals surface area contributed by atoms with E-state index in [9.17, 15) is 14.0 Å². The number of benzene rings is 2. The van der Waals surface area contributed by atoms with Crippen LogP contribution in [0, 0.1) is 5.82 Å². The highest BCUT2D eigenvalue weighted by Gasteiger charge is 2.22. The molecule has 0 unspecified atom stereocenters. The highest BCUT2D eigenvalue weighted by molar-refractivity contribution is 5.97. The number of anilines is 1. The van der Waals surface area contributed by atoms with Gasteiger partial charge < -0.3 is 10.1 Å². The summed E-state index contributed by atoms with van der Waals surface area (Å²) < 4.78 is 18.7. The van der Waals surface area contributed by atoms with Crippen LogP contribution in [0.25, 0.3) is 0 Å². The minimum atomic E-state index is -1.04. The van der Waals surface area contributed by atoms with Gasteiger partial charge in [-0.2, -0.15) is 0 Å². The Morgan fingerprint density at radius 3 is 2.40 bits per heavy atom. The van der Waals surface area contributed by atoms with Crippen molar-refractivity contribution in [1.29, 1.82) is 0 Å². The van der Waals surface area contributed by atoms with E-state index >= 15 is 0 Å². The SMILES string of the molecule is CC[C@@H](C)c1ccccc1NC(=O)[C@@H](C)OC(=O)c1ccccc1F. The zero-order chi connectivity index (χ0) is 18.4. The van der Waals surface area contributed by atoms with Crippen LogP contribution < -0.4 is 5.32 Å². The van der Waals surface area contributed by atoms with Gasteiger partial charge in [0.15, 0.2) is 6.10 Å². The van der Waals surface area contributed by atoms with Gasteiger partial charge in [0.1, 0.15) is 5.82 Å². The van der Waals surface area contributed by atoms with Crippen molar-refractivity contribution in [3.8, 4) is 0 Å². The van der Waals surface area contributed by atoms with Crippen molar-refractivity contribution in [2.45, 2.75) is 39.2 Å². The van der Waals surface area contributed by atoms with Gasteiger partial charge in [-0.25, -0.2) is 9.18 Å². The number of carbonyl (C=O) groups is 2. The van der Waals surface area contributed by atoms with E-state index < -0.39 is 23.8 Å². The Morgan fingerprint density at radius 1 is 1.08 bits per heavy atom. The zero-order valence-corrected chi connectivity index (χ0v) is 14.6. The van der Waals surface area contributed by atoms with Crippen LogP contribution in [0.4, 0.5) is 10.1 Å². The number of esters is 1. The fourth-order valence-corrected chi connectivity index (χ4v) is 2.40. The molecule has 2 atom stereocenters. The van der Waals surface area contributed by atoms with Crippen LogP contribution >= 0.6 is 0 Å². The lowest BCUT2D eigenvalue weighted by atomic mass is 9.97. The maximum Gasteiger partial charge on any atom is 0.341 e. The van der Waals surface area contributed by atoms with Crippen molar-refractivity contribution in [1.82, 2.24) is 0 Å². The van der Waals surface area contributed by atoms with Gasteiger partial charge in [-0.05, 0) is 43.0 Å². The molecular weight excluding hydrogens is 321 g/mol. The fourth-order valence-electron chi connectivity index (χ4n) is 2.40. The summed E-state index contributed by atoms with van der Waals surface area (Å²) in [6.45, 7) is 5.61. The van der Waals surface area contributed by atoms with E-state index in [0.29, 0.717) is 5.69 Å². The van der Waals surface area contributed by atoms with Crippen molar-refractivity contribution in [3.05, 3.63) is 65.5 Å². The number of nitrogens with one attached hydrogen (secondary N) is 1. The normalized spacial score (nSPS) is 13.0. The minimum Gasteiger partial charge on any atom is -0.449 e. The van der Waals surface area contributed by atoms with Crippen LogP contribution in [0.15, 0.2) is 48.5 Å². The molecule has 0 aliphatic carbocycles. The quantitative estimate of drug-likeness (QED) is 0.785. The summed E-state index contributed by atoms with van der Waals surface area (Å²) in [5.74, 6) is -1.72. The Kier molecular flexibility index (Phi) is 6.28. The molecule has 132 valence electrons. The third-order valence-electron chi connectivity index (χ3n) is 4.11. The van der Waals surface area contributed by atoms with Gasteiger partial charge in [0, 0.05) is 5.69 Å². The molecule has 2 rings (SSSR count). The van der Waals surface area contributed by atoms with Crippen molar-refractivity contribution in [2.75, 3.05) is 5.32 Å². The molecule has 1 N–H and O–H groups in total. The Balaban J connectivity index is 2.06. The van der Waals surface area contributed by atoms with Gasteiger partial charge in [-0.15, -0.1) is 0 Å². The molecule has 5 heteroatoms. The first-order valence-corrected chi connectivity index (χ1v) is 8.29. The van der Waals surface area contributed by atoms with Crippen LogP contribution in [0.1, 0.15) is 49.0 Å². The standard InChI is InChI=1S/C20H22FNO3/c1-4-13(2)15-9-6-8-12-18(15)22-19(23)14(3)25-20(24)16-10-5-7-11-17(16)21/h5-14H,4H2,1-3H3,(H,22,23)/t13-,14-/m1/s1. The van der Waals surface area contributed by atoms with E-state index in [0.717, 1.165) is 12.0 Å². The summed E-state index contributed by atoms with van der Waals surface area (Å²) in [4.78, 5) is 24.4. The molecule has 0 bridgehead atoms. The third-order valence-corrected chi connectivity index (χ3v) is 4.11. The van der Waals surface area contributed by atoms with E-state index in [4.69, 9.17) is 4.74 Å². The number of hydrogen-bond acceptors (Lipinski definition) is 3. The van der Waals surface area contributed by atoms with E-state index in [1.54, 1.807) is 0 Å². The maximum atomic E-state index is 13.6. The van der Waals surface area contributed by atoms with Gasteiger partial charge in [0.25, 0.3) is 5.91 Å². The summed E-state index contributed by atoms with van der Waals surface area (Å²) in [7, 11) is 0. The molecule has 2 aromatic carbocycles. The molecular formula is C20H22FNO3. The predicted molar refractivity (Wildman–Crippen MR) is 95.1 cm³/mol. The van der Waals surface area contributed by atoms with Crippen molar-refractivity contribution < 1.29 is 18.7 Å². The smallest absolute Gasteiger partial charge is 0.341 e. The minimum absolute atomic E-state index is 0.192. The van der Waals surface area contributed by atoms with Crippen molar-refractivity contribution in [2.24, 2.45) is 0 Å². The first kappa shape index (κ1) is 18.6. The zero-order valence-electron chi connectivity index (χ0n) is 14.6. The number of rotatable bonds is 6. The second-order valence-electron chi connectivity index (χ2n) is 5.91. The van der Waals surface area contributed by atoms with Gasteiger partial charge in [0.05, 0.1) is 5.56 Å². The topological polar surface area (TPSA) is 55.4 Å². The number of ether oxygens (including phenoxy) is 1. The van der Waals surface area contributed by atoms with E-state index in [-0.39, 0.29) is 11.5 Å². The molecule has 0 aliphatic rings. The summed E-state index contributed by atoms with van der Waals surface area (Å²) in [6, 6.07) is 13.0. The van der Waals surface area contributed by atoms with Gasteiger partial charge in [0.2, 0.25) is 0 Å². The molecule has 0 saturated heterocycles. The van der Waals surface area contributed by atoms with Crippen LogP contribution in [0.2, 0.25) is 0 Å². The molecule has 0 fully saturated rings. The molecule has 0 radical (unpaired) electrons. The molecule has 25 heavy (non-hydrogen) atoms. The van der Waals surface area contributed by atoms with E-state index in [2.05, 4.69) is 19.2 Å². The number of amides is 1. The lowest BCUT2D eigenvalue weighted by Crippen LogP contribution is -2.30. The van der Waals surface area contributed by atoms with E-state index in [1.165, 1.54) is 31.2 Å². The lowest BCUT2D eigenvalue weighted by molar-refractivity contribution is -0.123. The summed E-state index contributed by atoms with van der Waals surface area (Å²) in [5.41, 5.74) is 1.52. The number of carbonyl (C=O) groups excluding carboxylic acids is 2. The number of halogens is 1. The summed E-state index contributed by atoms with van der Waals surface area (Å²) >= 11 is 0. The molecule has 0 aromatic heterocycles. The van der Waals surface area contributed by atoms with Crippen LogP contribution in [0.5, 0.6) is 0 Å². The first-order chi connectivity index (χ1) is 11.9. The van der Waals surface area contributed by atoms with Crippen molar-refractivity contribution >= 4 is 17.6 Å². The van der Waals surface area contributed by atoms with Crippen LogP contribution in [-0.4, -0.2) is 18.0 Å². The number of hydrogen-bond donors (Lipinski definition) is 1. The third kappa shape index (κ3) is 4.66. The van der Waals surface area contributed by atoms with Gasteiger partial charge >= 0.3 is 5.97 Å². The Hall–Kier alpha value is -2.69. The van der Waals surface area contributed by atoms with Gasteiger partial charge in [-0.3, -0.25) is 4.79 Å².